The summed E-state index contributed by atoms with van der Waals surface area (Å²) in [4.78, 5) is 15.6. The van der Waals surface area contributed by atoms with Gasteiger partial charge in [-0.15, -0.1) is 0 Å². The predicted octanol–water partition coefficient (Wildman–Crippen LogP) is 11.1. The molecular weight excluding hydrogens is 587 g/mol. The molecular formula is C44H37N3O. The first-order valence-corrected chi connectivity index (χ1v) is 16.7. The Kier molecular flexibility index (Phi) is 7.57. The second-order valence-corrected chi connectivity index (χ2v) is 13.1. The summed E-state index contributed by atoms with van der Waals surface area (Å²) in [6.07, 6.45) is 6.47. The van der Waals surface area contributed by atoms with Gasteiger partial charge in [-0.05, 0) is 79.3 Å². The number of rotatable bonds is 4. The van der Waals surface area contributed by atoms with Crippen molar-refractivity contribution in [3.63, 3.8) is 0 Å². The lowest BCUT2D eigenvalue weighted by atomic mass is 9.78. The maximum atomic E-state index is 6.90. The van der Waals surface area contributed by atoms with Crippen LogP contribution in [0.1, 0.15) is 54.9 Å². The fourth-order valence-corrected chi connectivity index (χ4v) is 7.48. The molecule has 2 atom stereocenters. The van der Waals surface area contributed by atoms with Crippen LogP contribution in [0.4, 0.5) is 0 Å². The Labute approximate surface area is 281 Å². The normalized spacial score (nSPS) is 18.6. The molecule has 2 aromatic heterocycles. The number of aromatic nitrogens is 1. The molecule has 8 rings (SSSR count). The molecule has 0 N–H and O–H groups in total. The van der Waals surface area contributed by atoms with Gasteiger partial charge in [0.05, 0.1) is 23.2 Å². The summed E-state index contributed by atoms with van der Waals surface area (Å²) in [5.74, 6) is 0.219. The van der Waals surface area contributed by atoms with Gasteiger partial charge in [-0.3, -0.25) is 9.98 Å². The van der Waals surface area contributed by atoms with E-state index >= 15 is 0 Å². The van der Waals surface area contributed by atoms with Crippen LogP contribution < -0.4 is 0 Å². The molecule has 48 heavy (non-hydrogen) atoms. The average Bonchev–Trinajstić information content (AvgIpc) is 3.49. The molecule has 0 saturated heterocycles. The van der Waals surface area contributed by atoms with E-state index in [0.717, 1.165) is 79.8 Å². The monoisotopic (exact) mass is 623 g/mol. The molecule has 0 amide bonds. The number of nitrogens with zero attached hydrogens (tertiary/aromatic N) is 3. The minimum Gasteiger partial charge on any atom is -0.437 e. The van der Waals surface area contributed by atoms with Gasteiger partial charge in [-0.2, -0.15) is 0 Å². The van der Waals surface area contributed by atoms with Crippen LogP contribution >= 0.6 is 0 Å². The fraction of sp³-hybridized carbons (Fsp3) is 0.159. The third-order valence-electron chi connectivity index (χ3n) is 9.57. The van der Waals surface area contributed by atoms with Crippen LogP contribution in [0, 0.1) is 0 Å². The van der Waals surface area contributed by atoms with E-state index < -0.39 is 0 Å². The smallest absolute Gasteiger partial charge is 0.227 e. The van der Waals surface area contributed by atoms with Crippen LogP contribution in [0.15, 0.2) is 154 Å². The van der Waals surface area contributed by atoms with Crippen LogP contribution in [0.25, 0.3) is 44.5 Å². The summed E-state index contributed by atoms with van der Waals surface area (Å²) in [5.41, 5.74) is 14.1. The Morgan fingerprint density at radius 3 is 2.31 bits per heavy atom. The molecule has 4 aromatic carbocycles. The molecule has 0 aliphatic carbocycles. The van der Waals surface area contributed by atoms with Crippen molar-refractivity contribution in [2.45, 2.75) is 45.1 Å². The van der Waals surface area contributed by atoms with Crippen molar-refractivity contribution in [3.8, 4) is 22.4 Å². The molecule has 0 fully saturated rings. The first-order chi connectivity index (χ1) is 23.5. The highest BCUT2D eigenvalue weighted by molar-refractivity contribution is 6.23. The molecule has 0 saturated carbocycles. The van der Waals surface area contributed by atoms with Crippen LogP contribution in [-0.2, 0) is 6.42 Å². The van der Waals surface area contributed by atoms with Gasteiger partial charge in [-0.1, -0.05) is 104 Å². The Morgan fingerprint density at radius 1 is 0.833 bits per heavy atom. The number of furan rings is 1. The lowest BCUT2D eigenvalue weighted by Crippen LogP contribution is -2.27. The van der Waals surface area contributed by atoms with Gasteiger partial charge in [0, 0.05) is 45.5 Å². The number of hydrogen-bond donors (Lipinski definition) is 0. The fourth-order valence-electron chi connectivity index (χ4n) is 7.48. The number of pyridine rings is 1. The lowest BCUT2D eigenvalue weighted by Gasteiger charge is -2.32. The van der Waals surface area contributed by atoms with Crippen LogP contribution in [0.5, 0.6) is 0 Å². The number of allylic oxidation sites excluding steroid dienone is 3. The van der Waals surface area contributed by atoms with Crippen molar-refractivity contribution in [2.75, 3.05) is 0 Å². The Bertz CT molecular complexity index is 2320. The summed E-state index contributed by atoms with van der Waals surface area (Å²) < 4.78 is 6.90. The Balaban J connectivity index is 1.41. The van der Waals surface area contributed by atoms with Crippen molar-refractivity contribution < 1.29 is 4.42 Å². The second kappa shape index (κ2) is 12.2. The Hall–Kier alpha value is -5.61. The molecule has 0 radical (unpaired) electrons. The molecule has 2 aliphatic heterocycles. The van der Waals surface area contributed by atoms with Crippen LogP contribution in [0.2, 0.25) is 0 Å². The first kappa shape index (κ1) is 29.8. The van der Waals surface area contributed by atoms with Crippen molar-refractivity contribution in [3.05, 3.63) is 162 Å². The van der Waals surface area contributed by atoms with Crippen molar-refractivity contribution in [1.29, 1.82) is 0 Å². The highest BCUT2D eigenvalue weighted by Crippen LogP contribution is 2.44. The maximum absolute atomic E-state index is 6.90. The molecule has 4 nitrogen and oxygen atoms in total. The van der Waals surface area contributed by atoms with E-state index in [4.69, 9.17) is 19.4 Å². The third-order valence-corrected chi connectivity index (χ3v) is 9.57. The number of aryl methyl sites for hydroxylation is 1. The SMILES string of the molecule is C=CC1=NC2CC(=C)/N=C(/C=C(C)C)c3c(cc(-c4ccccc4)c4c3oc3nc(-c5ccccc5)ccc34)CCC2c2ccccc21. The number of hydrogen-bond acceptors (Lipinski definition) is 4. The summed E-state index contributed by atoms with van der Waals surface area (Å²) in [7, 11) is 0. The van der Waals surface area contributed by atoms with E-state index in [-0.39, 0.29) is 12.0 Å². The molecule has 4 heterocycles. The van der Waals surface area contributed by atoms with Gasteiger partial charge >= 0.3 is 0 Å². The first-order valence-electron chi connectivity index (χ1n) is 16.7. The van der Waals surface area contributed by atoms with Gasteiger partial charge in [0.2, 0.25) is 5.71 Å². The zero-order valence-electron chi connectivity index (χ0n) is 27.4. The molecule has 2 unspecified atom stereocenters. The quantitative estimate of drug-likeness (QED) is 0.196. The predicted molar refractivity (Wildman–Crippen MR) is 200 cm³/mol. The molecule has 0 spiro atoms. The number of aliphatic imine (C=N–C) groups is 2. The van der Waals surface area contributed by atoms with E-state index in [1.807, 2.05) is 24.3 Å². The lowest BCUT2D eigenvalue weighted by molar-refractivity contribution is 0.490. The minimum absolute atomic E-state index is 0.0304. The van der Waals surface area contributed by atoms with Crippen molar-refractivity contribution in [1.82, 2.24) is 4.98 Å². The van der Waals surface area contributed by atoms with E-state index in [9.17, 15) is 0 Å². The second-order valence-electron chi connectivity index (χ2n) is 13.1. The molecule has 234 valence electrons. The highest BCUT2D eigenvalue weighted by atomic mass is 16.3. The summed E-state index contributed by atoms with van der Waals surface area (Å²) >= 11 is 0. The maximum Gasteiger partial charge on any atom is 0.227 e. The standard InChI is InChI=1S/C44H37N3O/c1-5-37-33-19-13-12-18-32(33)34-21-20-31-26-36(29-14-8-6-9-15-29)42-35-22-23-38(30-16-10-7-11-17-30)47-44(35)48-43(42)41(31)40(24-27(2)3)45-28(4)25-39(34)46-37/h5-19,22-24,26,34,39H,1,4,20-21,25H2,2-3H3/b45-40-. The zero-order valence-corrected chi connectivity index (χ0v) is 27.4. The van der Waals surface area contributed by atoms with Gasteiger partial charge in [0.25, 0.3) is 0 Å². The molecule has 6 aromatic rings. The van der Waals surface area contributed by atoms with E-state index in [1.54, 1.807) is 0 Å². The van der Waals surface area contributed by atoms with Gasteiger partial charge in [0.1, 0.15) is 5.58 Å². The highest BCUT2D eigenvalue weighted by Gasteiger charge is 2.32. The number of fused-ring (bicyclic) bond motifs is 8. The summed E-state index contributed by atoms with van der Waals surface area (Å²) in [5, 5.41) is 2.05. The van der Waals surface area contributed by atoms with E-state index in [2.05, 4.69) is 118 Å². The summed E-state index contributed by atoms with van der Waals surface area (Å²) in [6.45, 7) is 12.8. The zero-order chi connectivity index (χ0) is 32.8. The summed E-state index contributed by atoms with van der Waals surface area (Å²) in [6, 6.07) is 36.2. The molecule has 0 bridgehead atoms. The average molecular weight is 624 g/mol. The third kappa shape index (κ3) is 5.24. The topological polar surface area (TPSA) is 50.8 Å². The number of benzene rings is 4. The van der Waals surface area contributed by atoms with Crippen LogP contribution in [0.3, 0.4) is 0 Å². The van der Waals surface area contributed by atoms with Gasteiger partial charge in [-0.25, -0.2) is 4.98 Å². The van der Waals surface area contributed by atoms with Gasteiger partial charge in [0.15, 0.2) is 0 Å². The minimum atomic E-state index is 0.0304. The Morgan fingerprint density at radius 2 is 1.56 bits per heavy atom. The van der Waals surface area contributed by atoms with Crippen LogP contribution in [-0.4, -0.2) is 22.4 Å². The molecule has 2 aliphatic rings. The molecule has 4 heteroatoms. The van der Waals surface area contributed by atoms with Crippen molar-refractivity contribution >= 4 is 33.5 Å². The van der Waals surface area contributed by atoms with E-state index in [1.165, 1.54) is 16.7 Å². The van der Waals surface area contributed by atoms with Gasteiger partial charge < -0.3 is 4.42 Å². The largest absolute Gasteiger partial charge is 0.437 e. The van der Waals surface area contributed by atoms with E-state index in [0.29, 0.717) is 12.1 Å². The van der Waals surface area contributed by atoms with Crippen molar-refractivity contribution in [2.24, 2.45) is 9.98 Å².